The summed E-state index contributed by atoms with van der Waals surface area (Å²) in [5.74, 6) is 0.182. The topological polar surface area (TPSA) is 38.3 Å². The molecule has 1 amide bonds. The zero-order chi connectivity index (χ0) is 14.8. The molecule has 20 heavy (non-hydrogen) atoms. The van der Waals surface area contributed by atoms with Gasteiger partial charge in [0, 0.05) is 17.0 Å². The first-order valence-corrected chi connectivity index (χ1v) is 7.88. The predicted octanol–water partition coefficient (Wildman–Crippen LogP) is 3.62. The zero-order valence-corrected chi connectivity index (χ0v) is 13.9. The predicted molar refractivity (Wildman–Crippen MR) is 83.4 cm³/mol. The minimum atomic E-state index is -0.390. The Labute approximate surface area is 129 Å². The Kier molecular flexibility index (Phi) is 4.86. The molecule has 1 saturated heterocycles. The summed E-state index contributed by atoms with van der Waals surface area (Å²) in [7, 11) is 0. The smallest absolute Gasteiger partial charge is 0.223 e. The number of hydrogen-bond acceptors (Lipinski definition) is 2. The molecule has 1 aliphatic rings. The Balaban J connectivity index is 2.08. The fraction of sp³-hybridized carbons (Fsp3) is 0.562. The SMILES string of the molecule is C[C@H]1C[C@@H](C(=O)NC(C)(C)c2ccccc2Br)CCO1. The second-order valence-electron chi connectivity index (χ2n) is 6.00. The molecule has 0 bridgehead atoms. The van der Waals surface area contributed by atoms with Gasteiger partial charge in [-0.2, -0.15) is 0 Å². The summed E-state index contributed by atoms with van der Waals surface area (Å²) in [4.78, 5) is 12.5. The molecule has 0 aromatic heterocycles. The molecular formula is C16H22BrNO2. The van der Waals surface area contributed by atoms with E-state index < -0.39 is 5.54 Å². The van der Waals surface area contributed by atoms with Crippen LogP contribution in [0.5, 0.6) is 0 Å². The first-order chi connectivity index (χ1) is 9.40. The molecule has 0 saturated carbocycles. The summed E-state index contributed by atoms with van der Waals surface area (Å²) in [6, 6.07) is 8.01. The molecule has 1 N–H and O–H groups in total. The highest BCUT2D eigenvalue weighted by Crippen LogP contribution is 2.29. The van der Waals surface area contributed by atoms with Gasteiger partial charge in [-0.25, -0.2) is 0 Å². The number of nitrogens with one attached hydrogen (secondary N) is 1. The maximum absolute atomic E-state index is 12.5. The molecule has 2 atom stereocenters. The van der Waals surface area contributed by atoms with Gasteiger partial charge >= 0.3 is 0 Å². The summed E-state index contributed by atoms with van der Waals surface area (Å²) in [6.07, 6.45) is 1.78. The van der Waals surface area contributed by atoms with E-state index in [0.717, 1.165) is 22.9 Å². The van der Waals surface area contributed by atoms with E-state index in [2.05, 4.69) is 21.2 Å². The maximum atomic E-state index is 12.5. The van der Waals surface area contributed by atoms with Crippen molar-refractivity contribution in [3.05, 3.63) is 34.3 Å². The second kappa shape index (κ2) is 6.27. The van der Waals surface area contributed by atoms with Gasteiger partial charge in [0.1, 0.15) is 0 Å². The molecule has 2 rings (SSSR count). The number of amides is 1. The number of ether oxygens (including phenoxy) is 1. The molecule has 1 fully saturated rings. The summed E-state index contributed by atoms with van der Waals surface area (Å²) in [5, 5.41) is 3.18. The summed E-state index contributed by atoms with van der Waals surface area (Å²) in [5.41, 5.74) is 0.701. The number of halogens is 1. The Hall–Kier alpha value is -0.870. The lowest BCUT2D eigenvalue weighted by Gasteiger charge is -2.32. The van der Waals surface area contributed by atoms with Crippen LogP contribution in [-0.2, 0) is 15.1 Å². The highest BCUT2D eigenvalue weighted by atomic mass is 79.9. The molecular weight excluding hydrogens is 318 g/mol. The fourth-order valence-electron chi connectivity index (χ4n) is 2.68. The minimum absolute atomic E-state index is 0.0560. The number of hydrogen-bond donors (Lipinski definition) is 1. The van der Waals surface area contributed by atoms with Gasteiger partial charge in [0.25, 0.3) is 0 Å². The van der Waals surface area contributed by atoms with E-state index in [1.165, 1.54) is 0 Å². The summed E-state index contributed by atoms with van der Waals surface area (Å²) >= 11 is 3.56. The average Bonchev–Trinajstić information content (AvgIpc) is 2.38. The van der Waals surface area contributed by atoms with Gasteiger partial charge in [-0.1, -0.05) is 34.1 Å². The lowest BCUT2D eigenvalue weighted by atomic mass is 9.90. The normalized spacial score (nSPS) is 23.4. The van der Waals surface area contributed by atoms with Gasteiger partial charge in [0.2, 0.25) is 5.91 Å². The van der Waals surface area contributed by atoms with E-state index in [-0.39, 0.29) is 17.9 Å². The number of carbonyl (C=O) groups excluding carboxylic acids is 1. The highest BCUT2D eigenvalue weighted by Gasteiger charge is 2.31. The molecule has 1 aromatic carbocycles. The van der Waals surface area contributed by atoms with Crippen LogP contribution in [-0.4, -0.2) is 18.6 Å². The van der Waals surface area contributed by atoms with E-state index in [9.17, 15) is 4.79 Å². The Bertz CT molecular complexity index is 487. The summed E-state index contributed by atoms with van der Waals surface area (Å²) < 4.78 is 6.52. The summed E-state index contributed by atoms with van der Waals surface area (Å²) in [6.45, 7) is 6.77. The van der Waals surface area contributed by atoms with Crippen LogP contribution < -0.4 is 5.32 Å². The van der Waals surface area contributed by atoms with E-state index in [1.807, 2.05) is 45.0 Å². The van der Waals surface area contributed by atoms with Crippen LogP contribution in [0.2, 0.25) is 0 Å². The van der Waals surface area contributed by atoms with Gasteiger partial charge in [0.15, 0.2) is 0 Å². The van der Waals surface area contributed by atoms with Crippen LogP contribution in [0, 0.1) is 5.92 Å². The van der Waals surface area contributed by atoms with Gasteiger partial charge in [-0.05, 0) is 45.2 Å². The van der Waals surface area contributed by atoms with Crippen molar-refractivity contribution in [2.45, 2.75) is 45.3 Å². The minimum Gasteiger partial charge on any atom is -0.378 e. The van der Waals surface area contributed by atoms with Gasteiger partial charge < -0.3 is 10.1 Å². The third kappa shape index (κ3) is 3.61. The molecule has 1 aromatic rings. The third-order valence-corrected chi connectivity index (χ3v) is 4.53. The van der Waals surface area contributed by atoms with E-state index >= 15 is 0 Å². The van der Waals surface area contributed by atoms with Crippen molar-refractivity contribution in [1.82, 2.24) is 5.32 Å². The Morgan fingerprint density at radius 1 is 1.40 bits per heavy atom. The van der Waals surface area contributed by atoms with Crippen molar-refractivity contribution in [2.24, 2.45) is 5.92 Å². The van der Waals surface area contributed by atoms with Crippen molar-refractivity contribution in [2.75, 3.05) is 6.61 Å². The zero-order valence-electron chi connectivity index (χ0n) is 12.3. The maximum Gasteiger partial charge on any atom is 0.223 e. The first-order valence-electron chi connectivity index (χ1n) is 7.09. The molecule has 4 heteroatoms. The van der Waals surface area contributed by atoms with Crippen LogP contribution in [0.15, 0.2) is 28.7 Å². The van der Waals surface area contributed by atoms with E-state index in [1.54, 1.807) is 0 Å². The molecule has 1 heterocycles. The van der Waals surface area contributed by atoms with Crippen LogP contribution in [0.1, 0.15) is 39.2 Å². The number of benzene rings is 1. The average molecular weight is 340 g/mol. The second-order valence-corrected chi connectivity index (χ2v) is 6.85. The van der Waals surface area contributed by atoms with Crippen molar-refractivity contribution >= 4 is 21.8 Å². The number of rotatable bonds is 3. The van der Waals surface area contributed by atoms with Crippen LogP contribution in [0.4, 0.5) is 0 Å². The quantitative estimate of drug-likeness (QED) is 0.913. The van der Waals surface area contributed by atoms with Crippen molar-refractivity contribution < 1.29 is 9.53 Å². The van der Waals surface area contributed by atoms with E-state index in [4.69, 9.17) is 4.74 Å². The molecule has 3 nitrogen and oxygen atoms in total. The first kappa shape index (κ1) is 15.5. The molecule has 0 unspecified atom stereocenters. The van der Waals surface area contributed by atoms with Crippen molar-refractivity contribution in [3.63, 3.8) is 0 Å². The lowest BCUT2D eigenvalue weighted by molar-refractivity contribution is -0.131. The van der Waals surface area contributed by atoms with Gasteiger partial charge in [0.05, 0.1) is 11.6 Å². The van der Waals surface area contributed by atoms with Gasteiger partial charge in [-0.15, -0.1) is 0 Å². The molecule has 0 radical (unpaired) electrons. The fourth-order valence-corrected chi connectivity index (χ4v) is 3.46. The van der Waals surface area contributed by atoms with Crippen molar-refractivity contribution in [3.8, 4) is 0 Å². The lowest BCUT2D eigenvalue weighted by Crippen LogP contribution is -2.46. The standard InChI is InChI=1S/C16H22BrNO2/c1-11-10-12(8-9-20-11)15(19)18-16(2,3)13-6-4-5-7-14(13)17/h4-7,11-12H,8-10H2,1-3H3,(H,18,19)/t11-,12-/m0/s1. The highest BCUT2D eigenvalue weighted by molar-refractivity contribution is 9.10. The van der Waals surface area contributed by atoms with Crippen molar-refractivity contribution in [1.29, 1.82) is 0 Å². The van der Waals surface area contributed by atoms with Gasteiger partial charge in [-0.3, -0.25) is 4.79 Å². The van der Waals surface area contributed by atoms with Crippen LogP contribution >= 0.6 is 15.9 Å². The Morgan fingerprint density at radius 3 is 2.75 bits per heavy atom. The molecule has 0 aliphatic carbocycles. The monoisotopic (exact) mass is 339 g/mol. The largest absolute Gasteiger partial charge is 0.378 e. The molecule has 0 spiro atoms. The van der Waals surface area contributed by atoms with E-state index in [0.29, 0.717) is 6.61 Å². The van der Waals surface area contributed by atoms with Crippen LogP contribution in [0.3, 0.4) is 0 Å². The third-order valence-electron chi connectivity index (χ3n) is 3.84. The molecule has 1 aliphatic heterocycles. The molecule has 110 valence electrons. The van der Waals surface area contributed by atoms with Crippen LogP contribution in [0.25, 0.3) is 0 Å². The number of carbonyl (C=O) groups is 1. The Morgan fingerprint density at radius 2 is 2.10 bits per heavy atom.